The first-order valence-corrected chi connectivity index (χ1v) is 6.39. The van der Waals surface area contributed by atoms with Crippen LogP contribution in [-0.2, 0) is 13.6 Å². The van der Waals surface area contributed by atoms with Crippen molar-refractivity contribution in [1.29, 1.82) is 0 Å². The highest BCUT2D eigenvalue weighted by Gasteiger charge is 2.10. The van der Waals surface area contributed by atoms with E-state index in [9.17, 15) is 9.59 Å². The Kier molecular flexibility index (Phi) is 4.44. The third-order valence-corrected chi connectivity index (χ3v) is 2.99. The quantitative estimate of drug-likeness (QED) is 0.805. The van der Waals surface area contributed by atoms with Crippen molar-refractivity contribution in [3.63, 3.8) is 0 Å². The fourth-order valence-corrected chi connectivity index (χ4v) is 1.81. The largest absolute Gasteiger partial charge is 0.478 e. The molecule has 3 N–H and O–H groups in total. The van der Waals surface area contributed by atoms with Gasteiger partial charge in [-0.15, -0.1) is 0 Å². The number of amides is 2. The number of carboxylic acids is 1. The predicted molar refractivity (Wildman–Crippen MR) is 77.5 cm³/mol. The number of hydrogen-bond donors (Lipinski definition) is 3. The van der Waals surface area contributed by atoms with Gasteiger partial charge in [-0.25, -0.2) is 9.59 Å². The van der Waals surface area contributed by atoms with Gasteiger partial charge in [-0.1, -0.05) is 11.6 Å². The summed E-state index contributed by atoms with van der Waals surface area (Å²) in [6, 6.07) is 5.36. The fraction of sp³-hybridized carbons (Fsp3) is 0.154. The van der Waals surface area contributed by atoms with Gasteiger partial charge in [0.05, 0.1) is 28.5 Å². The molecule has 21 heavy (non-hydrogen) atoms. The van der Waals surface area contributed by atoms with Crippen LogP contribution in [0.15, 0.2) is 30.5 Å². The van der Waals surface area contributed by atoms with Crippen LogP contribution in [0.3, 0.4) is 0 Å². The minimum absolute atomic E-state index is 0.0411. The third-order valence-electron chi connectivity index (χ3n) is 2.66. The Balaban J connectivity index is 1.99. The summed E-state index contributed by atoms with van der Waals surface area (Å²) >= 11 is 5.91. The summed E-state index contributed by atoms with van der Waals surface area (Å²) in [4.78, 5) is 22.6. The maximum atomic E-state index is 11.8. The zero-order valence-electron chi connectivity index (χ0n) is 11.1. The SMILES string of the molecule is Cn1ccc(CNC(=O)Nc2cc(C(=O)O)ccc2Cl)n1. The number of benzene rings is 1. The van der Waals surface area contributed by atoms with Crippen molar-refractivity contribution < 1.29 is 14.7 Å². The number of carbonyl (C=O) groups is 2. The van der Waals surface area contributed by atoms with E-state index in [1.807, 2.05) is 0 Å². The number of nitrogens with one attached hydrogen (secondary N) is 2. The van der Waals surface area contributed by atoms with Crippen molar-refractivity contribution in [2.24, 2.45) is 7.05 Å². The van der Waals surface area contributed by atoms with Crippen molar-refractivity contribution in [2.75, 3.05) is 5.32 Å². The Morgan fingerprint density at radius 2 is 2.14 bits per heavy atom. The van der Waals surface area contributed by atoms with E-state index in [1.165, 1.54) is 18.2 Å². The van der Waals surface area contributed by atoms with E-state index < -0.39 is 12.0 Å². The molecule has 2 aromatic rings. The van der Waals surface area contributed by atoms with Gasteiger partial charge in [-0.3, -0.25) is 4.68 Å². The van der Waals surface area contributed by atoms with E-state index in [0.29, 0.717) is 5.69 Å². The first kappa shape index (κ1) is 14.9. The molecular formula is C13H13ClN4O3. The van der Waals surface area contributed by atoms with E-state index in [2.05, 4.69) is 15.7 Å². The van der Waals surface area contributed by atoms with Gasteiger partial charge in [-0.2, -0.15) is 5.10 Å². The highest BCUT2D eigenvalue weighted by atomic mass is 35.5. The first-order valence-electron chi connectivity index (χ1n) is 6.02. The molecule has 2 rings (SSSR count). The molecular weight excluding hydrogens is 296 g/mol. The molecule has 0 aliphatic rings. The fourth-order valence-electron chi connectivity index (χ4n) is 1.65. The molecule has 0 bridgehead atoms. The first-order chi connectivity index (χ1) is 9.95. The normalized spacial score (nSPS) is 10.2. The summed E-state index contributed by atoms with van der Waals surface area (Å²) in [5.74, 6) is -1.09. The summed E-state index contributed by atoms with van der Waals surface area (Å²) in [6.07, 6.45) is 1.77. The van der Waals surface area contributed by atoms with Crippen molar-refractivity contribution in [3.05, 3.63) is 46.7 Å². The van der Waals surface area contributed by atoms with Crippen LogP contribution in [-0.4, -0.2) is 26.9 Å². The molecule has 0 spiro atoms. The number of urea groups is 1. The molecule has 0 saturated heterocycles. The number of aromatic nitrogens is 2. The number of carbonyl (C=O) groups excluding carboxylic acids is 1. The maximum absolute atomic E-state index is 11.8. The lowest BCUT2D eigenvalue weighted by atomic mass is 10.2. The summed E-state index contributed by atoms with van der Waals surface area (Å²) in [5, 5.41) is 18.4. The van der Waals surface area contributed by atoms with Gasteiger partial charge < -0.3 is 15.7 Å². The molecule has 8 heteroatoms. The second kappa shape index (κ2) is 6.27. The smallest absolute Gasteiger partial charge is 0.335 e. The van der Waals surface area contributed by atoms with Gasteiger partial charge in [0.15, 0.2) is 0 Å². The lowest BCUT2D eigenvalue weighted by Gasteiger charge is -2.09. The van der Waals surface area contributed by atoms with Gasteiger partial charge in [0, 0.05) is 13.2 Å². The van der Waals surface area contributed by atoms with Crippen LogP contribution >= 0.6 is 11.6 Å². The molecule has 1 heterocycles. The van der Waals surface area contributed by atoms with Crippen LogP contribution < -0.4 is 10.6 Å². The molecule has 110 valence electrons. The number of hydrogen-bond acceptors (Lipinski definition) is 3. The van der Waals surface area contributed by atoms with E-state index in [4.69, 9.17) is 16.7 Å². The van der Waals surface area contributed by atoms with Crippen LogP contribution in [0.4, 0.5) is 10.5 Å². The summed E-state index contributed by atoms with van der Waals surface area (Å²) < 4.78 is 1.63. The maximum Gasteiger partial charge on any atom is 0.335 e. The summed E-state index contributed by atoms with van der Waals surface area (Å²) in [6.45, 7) is 0.253. The second-order valence-corrected chi connectivity index (χ2v) is 4.70. The minimum atomic E-state index is -1.09. The molecule has 0 radical (unpaired) electrons. The lowest BCUT2D eigenvalue weighted by molar-refractivity contribution is 0.0697. The standard InChI is InChI=1S/C13H13ClN4O3/c1-18-5-4-9(17-18)7-15-13(21)16-11-6-8(12(19)20)2-3-10(11)14/h2-6H,7H2,1H3,(H,19,20)(H2,15,16,21). The van der Waals surface area contributed by atoms with Gasteiger partial charge in [0.1, 0.15) is 0 Å². The van der Waals surface area contributed by atoms with E-state index in [0.717, 1.165) is 0 Å². The van der Waals surface area contributed by atoms with Crippen LogP contribution in [0.2, 0.25) is 5.02 Å². The van der Waals surface area contributed by atoms with Crippen molar-refractivity contribution >= 4 is 29.3 Å². The van der Waals surface area contributed by atoms with Crippen LogP contribution in [0, 0.1) is 0 Å². The van der Waals surface area contributed by atoms with E-state index in [1.54, 1.807) is 24.0 Å². The molecule has 7 nitrogen and oxygen atoms in total. The Morgan fingerprint density at radius 3 is 2.76 bits per heavy atom. The molecule has 1 aromatic carbocycles. The monoisotopic (exact) mass is 308 g/mol. The minimum Gasteiger partial charge on any atom is -0.478 e. The number of nitrogens with zero attached hydrogens (tertiary/aromatic N) is 2. The van der Waals surface area contributed by atoms with Crippen molar-refractivity contribution in [3.8, 4) is 0 Å². The molecule has 0 atom stereocenters. The Morgan fingerprint density at radius 1 is 1.38 bits per heavy atom. The van der Waals surface area contributed by atoms with Crippen LogP contribution in [0.1, 0.15) is 16.1 Å². The van der Waals surface area contributed by atoms with Crippen LogP contribution in [0.5, 0.6) is 0 Å². The van der Waals surface area contributed by atoms with Gasteiger partial charge in [0.2, 0.25) is 0 Å². The molecule has 1 aromatic heterocycles. The number of halogens is 1. The van der Waals surface area contributed by atoms with Gasteiger partial charge >= 0.3 is 12.0 Å². The average molecular weight is 309 g/mol. The van der Waals surface area contributed by atoms with E-state index in [-0.39, 0.29) is 22.8 Å². The summed E-state index contributed by atoms with van der Waals surface area (Å²) in [5.41, 5.74) is 0.979. The molecule has 0 fully saturated rings. The predicted octanol–water partition coefficient (Wildman–Crippen LogP) is 2.09. The summed E-state index contributed by atoms with van der Waals surface area (Å²) in [7, 11) is 1.78. The zero-order valence-corrected chi connectivity index (χ0v) is 11.9. The molecule has 0 saturated carbocycles. The topological polar surface area (TPSA) is 96.2 Å². The second-order valence-electron chi connectivity index (χ2n) is 4.29. The molecule has 0 unspecified atom stereocenters. The Bertz CT molecular complexity index is 684. The number of carboxylic acid groups (broad SMARTS) is 1. The number of aryl methyl sites for hydroxylation is 1. The van der Waals surface area contributed by atoms with Crippen molar-refractivity contribution in [1.82, 2.24) is 15.1 Å². The lowest BCUT2D eigenvalue weighted by Crippen LogP contribution is -2.28. The highest BCUT2D eigenvalue weighted by Crippen LogP contribution is 2.23. The van der Waals surface area contributed by atoms with E-state index >= 15 is 0 Å². The molecule has 0 aliphatic heterocycles. The Labute approximate surface area is 125 Å². The van der Waals surface area contributed by atoms with Gasteiger partial charge in [0.25, 0.3) is 0 Å². The number of anilines is 1. The Hall–Kier alpha value is -2.54. The van der Waals surface area contributed by atoms with Crippen molar-refractivity contribution in [2.45, 2.75) is 6.54 Å². The zero-order chi connectivity index (χ0) is 15.4. The molecule has 2 amide bonds. The number of aromatic carboxylic acids is 1. The van der Waals surface area contributed by atoms with Crippen LogP contribution in [0.25, 0.3) is 0 Å². The highest BCUT2D eigenvalue weighted by molar-refractivity contribution is 6.33. The molecule has 0 aliphatic carbocycles. The number of rotatable bonds is 4. The average Bonchev–Trinajstić information content (AvgIpc) is 2.84. The van der Waals surface area contributed by atoms with Gasteiger partial charge in [-0.05, 0) is 24.3 Å². The third kappa shape index (κ3) is 3.96.